The highest BCUT2D eigenvalue weighted by atomic mass is 35.5. The van der Waals surface area contributed by atoms with Gasteiger partial charge in [-0.3, -0.25) is 4.90 Å². The molecule has 0 saturated carbocycles. The van der Waals surface area contributed by atoms with Crippen LogP contribution in [0.5, 0.6) is 0 Å². The second-order valence-corrected chi connectivity index (χ2v) is 10.0. The number of hydrogen-bond acceptors (Lipinski definition) is 2. The molecule has 2 heterocycles. The minimum atomic E-state index is -4.44. The Kier molecular flexibility index (Phi) is 5.60. The number of amides is 1. The lowest BCUT2D eigenvalue weighted by molar-refractivity contribution is -0.137. The molecule has 3 aromatic rings. The molecule has 3 aliphatic rings. The number of nitrogens with zero attached hydrogens (tertiary/aromatic N) is 1. The number of ether oxygens (including phenoxy) is 1. The Hall–Kier alpha value is -3.25. The van der Waals surface area contributed by atoms with Crippen LogP contribution in [-0.2, 0) is 10.9 Å². The van der Waals surface area contributed by atoms with Crippen LogP contribution in [0, 0.1) is 0 Å². The van der Waals surface area contributed by atoms with Gasteiger partial charge in [-0.15, -0.1) is 0 Å². The average Bonchev–Trinajstić information content (AvgIpc) is 3.33. The van der Waals surface area contributed by atoms with Crippen LogP contribution in [0.3, 0.4) is 0 Å². The van der Waals surface area contributed by atoms with Gasteiger partial charge in [-0.1, -0.05) is 66.2 Å². The first-order chi connectivity index (χ1) is 17.3. The van der Waals surface area contributed by atoms with E-state index in [0.717, 1.165) is 52.8 Å². The highest BCUT2D eigenvalue weighted by molar-refractivity contribution is 6.32. The molecular weight excluding hydrogens is 487 g/mol. The van der Waals surface area contributed by atoms with Crippen LogP contribution in [-0.4, -0.2) is 29.7 Å². The average molecular weight is 510 g/mol. The second-order valence-electron chi connectivity index (χ2n) is 9.60. The third-order valence-electron chi connectivity index (χ3n) is 7.58. The van der Waals surface area contributed by atoms with Crippen LogP contribution in [0.25, 0.3) is 16.7 Å². The lowest BCUT2D eigenvalue weighted by Gasteiger charge is -2.34. The fraction of sp³-hybridized carbons (Fsp3) is 0.276. The third-order valence-corrected chi connectivity index (χ3v) is 7.91. The molecule has 6 rings (SSSR count). The van der Waals surface area contributed by atoms with Crippen molar-refractivity contribution in [2.45, 2.75) is 43.4 Å². The first-order valence-corrected chi connectivity index (χ1v) is 12.4. The molecule has 2 aliphatic heterocycles. The van der Waals surface area contributed by atoms with Gasteiger partial charge in [-0.25, -0.2) is 4.79 Å². The molecule has 0 aromatic heterocycles. The molecule has 7 heteroatoms. The number of benzene rings is 3. The standard InChI is InChI=1S/C29H23ClF3NO2/c30-27-12-9-18(29(31,32)33)15-25(27)17-13-19-10-11-20(14-17)34(19)28(35)36-16-26-23-7-3-1-5-21(23)22-6-2-4-8-24(22)26/h1-9,12-13,15,19-20,26H,10-11,14,16H2. The van der Waals surface area contributed by atoms with Gasteiger partial charge in [-0.2, -0.15) is 13.2 Å². The fourth-order valence-corrected chi connectivity index (χ4v) is 6.17. The Labute approximate surface area is 212 Å². The third kappa shape index (κ3) is 3.88. The van der Waals surface area contributed by atoms with Crippen LogP contribution in [0.15, 0.2) is 72.8 Å². The van der Waals surface area contributed by atoms with Gasteiger partial charge < -0.3 is 4.74 Å². The molecule has 184 valence electrons. The Morgan fingerprint density at radius 2 is 1.61 bits per heavy atom. The molecule has 36 heavy (non-hydrogen) atoms. The quantitative estimate of drug-likeness (QED) is 0.359. The van der Waals surface area contributed by atoms with E-state index in [0.29, 0.717) is 12.0 Å². The SMILES string of the molecule is O=C(OCC1c2ccccc2-c2ccccc21)N1C2C=C(c3cc(C(F)(F)F)ccc3Cl)CC1CC2. The number of alkyl halides is 3. The van der Waals surface area contributed by atoms with Crippen LogP contribution in [0.2, 0.25) is 5.02 Å². The molecule has 2 atom stereocenters. The van der Waals surface area contributed by atoms with Gasteiger partial charge in [0.05, 0.1) is 11.6 Å². The Balaban J connectivity index is 1.21. The summed E-state index contributed by atoms with van der Waals surface area (Å²) in [7, 11) is 0. The molecule has 0 N–H and O–H groups in total. The van der Waals surface area contributed by atoms with Gasteiger partial charge in [0, 0.05) is 17.0 Å². The molecule has 3 aromatic carbocycles. The molecule has 2 bridgehead atoms. The summed E-state index contributed by atoms with van der Waals surface area (Å²) in [6.07, 6.45) is -0.982. The maximum Gasteiger partial charge on any atom is 0.416 e. The Morgan fingerprint density at radius 1 is 0.944 bits per heavy atom. The monoisotopic (exact) mass is 509 g/mol. The van der Waals surface area contributed by atoms with Crippen LogP contribution in [0.1, 0.15) is 47.4 Å². The Morgan fingerprint density at radius 3 is 2.25 bits per heavy atom. The number of halogens is 4. The van der Waals surface area contributed by atoms with Crippen molar-refractivity contribution in [1.29, 1.82) is 0 Å². The molecular formula is C29H23ClF3NO2. The minimum absolute atomic E-state index is 0.0289. The van der Waals surface area contributed by atoms with Gasteiger partial charge in [0.1, 0.15) is 6.61 Å². The summed E-state index contributed by atoms with van der Waals surface area (Å²) < 4.78 is 45.7. The summed E-state index contributed by atoms with van der Waals surface area (Å²) in [4.78, 5) is 15.0. The van der Waals surface area contributed by atoms with Gasteiger partial charge in [0.25, 0.3) is 0 Å². The van der Waals surface area contributed by atoms with Crippen LogP contribution >= 0.6 is 11.6 Å². The van der Waals surface area contributed by atoms with E-state index in [-0.39, 0.29) is 35.7 Å². The highest BCUT2D eigenvalue weighted by Gasteiger charge is 2.42. The van der Waals surface area contributed by atoms with E-state index in [9.17, 15) is 18.0 Å². The number of fused-ring (bicyclic) bond motifs is 5. The topological polar surface area (TPSA) is 29.5 Å². The predicted octanol–water partition coefficient (Wildman–Crippen LogP) is 7.93. The highest BCUT2D eigenvalue weighted by Crippen LogP contribution is 2.45. The molecule has 0 spiro atoms. The molecule has 1 saturated heterocycles. The first kappa shape index (κ1) is 23.2. The minimum Gasteiger partial charge on any atom is -0.448 e. The maximum atomic E-state index is 13.3. The molecule has 1 fully saturated rings. The maximum absolute atomic E-state index is 13.3. The van der Waals surface area contributed by atoms with Crippen LogP contribution < -0.4 is 0 Å². The second kappa shape index (κ2) is 8.70. The zero-order chi connectivity index (χ0) is 25.0. The van der Waals surface area contributed by atoms with Gasteiger partial charge >= 0.3 is 12.3 Å². The summed E-state index contributed by atoms with van der Waals surface area (Å²) in [5.41, 5.74) is 5.03. The molecule has 1 aliphatic carbocycles. The summed E-state index contributed by atoms with van der Waals surface area (Å²) in [5.74, 6) is -0.0289. The van der Waals surface area contributed by atoms with E-state index < -0.39 is 11.7 Å². The molecule has 0 radical (unpaired) electrons. The molecule has 2 unspecified atom stereocenters. The molecule has 3 nitrogen and oxygen atoms in total. The Bertz CT molecular complexity index is 1340. The normalized spacial score (nSPS) is 20.7. The zero-order valence-electron chi connectivity index (χ0n) is 19.3. The summed E-state index contributed by atoms with van der Waals surface area (Å²) in [6, 6.07) is 19.4. The fourth-order valence-electron chi connectivity index (χ4n) is 5.93. The van der Waals surface area contributed by atoms with Crippen molar-refractivity contribution in [2.24, 2.45) is 0 Å². The number of carbonyl (C=O) groups excluding carboxylic acids is 1. The summed E-state index contributed by atoms with van der Waals surface area (Å²) >= 11 is 6.29. The lowest BCUT2D eigenvalue weighted by atomic mass is 9.93. The van der Waals surface area contributed by atoms with E-state index in [4.69, 9.17) is 16.3 Å². The van der Waals surface area contributed by atoms with Gasteiger partial charge in [-0.05, 0) is 70.9 Å². The van der Waals surface area contributed by atoms with Crippen molar-refractivity contribution in [3.8, 4) is 11.1 Å². The smallest absolute Gasteiger partial charge is 0.416 e. The van der Waals surface area contributed by atoms with Gasteiger partial charge in [0.15, 0.2) is 0 Å². The number of hydrogen-bond donors (Lipinski definition) is 0. The van der Waals surface area contributed by atoms with E-state index in [1.165, 1.54) is 6.07 Å². The number of rotatable bonds is 3. The summed E-state index contributed by atoms with van der Waals surface area (Å²) in [5, 5.41) is 0.281. The van der Waals surface area contributed by atoms with Crippen molar-refractivity contribution in [1.82, 2.24) is 4.90 Å². The predicted molar refractivity (Wildman–Crippen MR) is 133 cm³/mol. The van der Waals surface area contributed by atoms with Gasteiger partial charge in [0.2, 0.25) is 0 Å². The number of carbonyl (C=O) groups is 1. The van der Waals surface area contributed by atoms with Crippen molar-refractivity contribution in [3.63, 3.8) is 0 Å². The van der Waals surface area contributed by atoms with Crippen molar-refractivity contribution in [3.05, 3.63) is 100 Å². The largest absolute Gasteiger partial charge is 0.448 e. The zero-order valence-corrected chi connectivity index (χ0v) is 20.0. The van der Waals surface area contributed by atoms with Crippen molar-refractivity contribution >= 4 is 23.3 Å². The van der Waals surface area contributed by atoms with Crippen molar-refractivity contribution in [2.75, 3.05) is 6.61 Å². The summed E-state index contributed by atoms with van der Waals surface area (Å²) in [6.45, 7) is 0.235. The molecule has 1 amide bonds. The van der Waals surface area contributed by atoms with E-state index in [1.54, 1.807) is 4.90 Å². The van der Waals surface area contributed by atoms with Crippen LogP contribution in [0.4, 0.5) is 18.0 Å². The van der Waals surface area contributed by atoms with E-state index in [1.807, 2.05) is 30.3 Å². The van der Waals surface area contributed by atoms with E-state index in [2.05, 4.69) is 24.3 Å². The first-order valence-electron chi connectivity index (χ1n) is 12.0. The lowest BCUT2D eigenvalue weighted by Crippen LogP contribution is -2.43. The van der Waals surface area contributed by atoms with Crippen molar-refractivity contribution < 1.29 is 22.7 Å². The van der Waals surface area contributed by atoms with E-state index >= 15 is 0 Å².